The van der Waals surface area contributed by atoms with Gasteiger partial charge in [0.05, 0.1) is 17.3 Å². The van der Waals surface area contributed by atoms with Crippen molar-refractivity contribution in [2.75, 3.05) is 11.6 Å². The van der Waals surface area contributed by atoms with Gasteiger partial charge in [0.25, 0.3) is 0 Å². The first kappa shape index (κ1) is 11.8. The Labute approximate surface area is 92.3 Å². The van der Waals surface area contributed by atoms with E-state index in [2.05, 4.69) is 15.3 Å². The second-order valence-electron chi connectivity index (χ2n) is 3.43. The summed E-state index contributed by atoms with van der Waals surface area (Å²) in [6.45, 7) is 4.01. The first-order chi connectivity index (χ1) is 6.94. The van der Waals surface area contributed by atoms with E-state index in [0.29, 0.717) is 5.82 Å². The highest BCUT2D eigenvalue weighted by molar-refractivity contribution is 8.00. The largest absolute Gasteiger partial charge is 0.476 e. The van der Waals surface area contributed by atoms with Crippen LogP contribution in [0.15, 0.2) is 12.4 Å². The molecule has 0 fully saturated rings. The normalized spacial score (nSPS) is 11.1. The monoisotopic (exact) mass is 227 g/mol. The van der Waals surface area contributed by atoms with Gasteiger partial charge < -0.3 is 10.4 Å². The molecule has 0 aliphatic carbocycles. The molecule has 1 rings (SSSR count). The van der Waals surface area contributed by atoms with Gasteiger partial charge in [-0.15, -0.1) is 11.8 Å². The summed E-state index contributed by atoms with van der Waals surface area (Å²) >= 11 is 1.64. The summed E-state index contributed by atoms with van der Waals surface area (Å²) in [5, 5.41) is 11.8. The summed E-state index contributed by atoms with van der Waals surface area (Å²) in [5.74, 6) is -0.502. The Kier molecular flexibility index (Phi) is 3.52. The van der Waals surface area contributed by atoms with Crippen LogP contribution >= 0.6 is 11.8 Å². The van der Waals surface area contributed by atoms with Gasteiger partial charge in [0, 0.05) is 0 Å². The number of carbonyl (C=O) groups is 1. The number of nitrogens with one attached hydrogen (secondary N) is 1. The number of hydrogen-bond acceptors (Lipinski definition) is 5. The number of hydrogen-bond donors (Lipinski definition) is 2. The van der Waals surface area contributed by atoms with Gasteiger partial charge in [-0.05, 0) is 20.1 Å². The summed E-state index contributed by atoms with van der Waals surface area (Å²) in [7, 11) is 0. The molecule has 1 aromatic rings. The van der Waals surface area contributed by atoms with Crippen LogP contribution in [0.5, 0.6) is 0 Å². The van der Waals surface area contributed by atoms with Gasteiger partial charge in [-0.1, -0.05) is 0 Å². The van der Waals surface area contributed by atoms with E-state index in [-0.39, 0.29) is 10.6 Å². The van der Waals surface area contributed by atoms with Crippen LogP contribution in [-0.4, -0.2) is 32.2 Å². The van der Waals surface area contributed by atoms with Crippen LogP contribution in [0.25, 0.3) is 0 Å². The minimum atomic E-state index is -1.07. The Balaban J connectivity index is 2.77. The predicted molar refractivity (Wildman–Crippen MR) is 60.2 cm³/mol. The maximum absolute atomic E-state index is 10.5. The molecule has 1 heterocycles. The number of rotatable bonds is 4. The van der Waals surface area contributed by atoms with E-state index in [1.54, 1.807) is 11.8 Å². The minimum absolute atomic E-state index is 0.0532. The van der Waals surface area contributed by atoms with E-state index >= 15 is 0 Å². The van der Waals surface area contributed by atoms with Crippen LogP contribution in [0.2, 0.25) is 0 Å². The van der Waals surface area contributed by atoms with Crippen molar-refractivity contribution in [2.45, 2.75) is 18.7 Å². The van der Waals surface area contributed by atoms with Crippen LogP contribution in [0.3, 0.4) is 0 Å². The average molecular weight is 227 g/mol. The SMILES string of the molecule is CSC(C)(C)Nc1cnc(C(=O)O)cn1. The zero-order chi connectivity index (χ0) is 11.5. The van der Waals surface area contributed by atoms with Crippen molar-refractivity contribution in [3.8, 4) is 0 Å². The number of anilines is 1. The lowest BCUT2D eigenvalue weighted by Gasteiger charge is -2.23. The zero-order valence-corrected chi connectivity index (χ0v) is 9.63. The fraction of sp³-hybridized carbons (Fsp3) is 0.444. The lowest BCUT2D eigenvalue weighted by Crippen LogP contribution is -2.26. The topological polar surface area (TPSA) is 75.1 Å². The summed E-state index contributed by atoms with van der Waals surface area (Å²) in [4.78, 5) is 18.1. The molecular weight excluding hydrogens is 214 g/mol. The molecule has 15 heavy (non-hydrogen) atoms. The molecular formula is C9H13N3O2S. The van der Waals surface area contributed by atoms with Crippen molar-refractivity contribution in [1.29, 1.82) is 0 Å². The lowest BCUT2D eigenvalue weighted by atomic mass is 10.4. The van der Waals surface area contributed by atoms with Crippen molar-refractivity contribution in [1.82, 2.24) is 9.97 Å². The van der Waals surface area contributed by atoms with Gasteiger partial charge in [0.15, 0.2) is 5.69 Å². The van der Waals surface area contributed by atoms with Crippen molar-refractivity contribution in [3.05, 3.63) is 18.1 Å². The standard InChI is InChI=1S/C9H13N3O2S/c1-9(2,15-3)12-7-5-10-6(4-11-7)8(13)14/h4-5H,1-3H3,(H,11,12)(H,13,14). The van der Waals surface area contributed by atoms with E-state index in [1.807, 2.05) is 20.1 Å². The fourth-order valence-corrected chi connectivity index (χ4v) is 1.07. The molecule has 0 aliphatic heterocycles. The Bertz CT molecular complexity index is 351. The lowest BCUT2D eigenvalue weighted by molar-refractivity contribution is 0.0690. The highest BCUT2D eigenvalue weighted by atomic mass is 32.2. The summed E-state index contributed by atoms with van der Waals surface area (Å²) in [6.07, 6.45) is 4.63. The Morgan fingerprint density at radius 2 is 2.13 bits per heavy atom. The maximum Gasteiger partial charge on any atom is 0.356 e. The van der Waals surface area contributed by atoms with Crippen molar-refractivity contribution in [3.63, 3.8) is 0 Å². The number of carboxylic acid groups (broad SMARTS) is 1. The minimum Gasteiger partial charge on any atom is -0.476 e. The molecule has 0 bridgehead atoms. The number of aromatic carboxylic acids is 1. The molecule has 0 aromatic carbocycles. The molecule has 82 valence electrons. The first-order valence-electron chi connectivity index (χ1n) is 4.33. The van der Waals surface area contributed by atoms with Crippen LogP contribution in [0.4, 0.5) is 5.82 Å². The molecule has 0 saturated heterocycles. The molecule has 0 radical (unpaired) electrons. The third kappa shape index (κ3) is 3.39. The molecule has 0 atom stereocenters. The van der Waals surface area contributed by atoms with E-state index in [0.717, 1.165) is 0 Å². The van der Waals surface area contributed by atoms with E-state index in [9.17, 15) is 4.79 Å². The average Bonchev–Trinajstić information content (AvgIpc) is 2.18. The molecule has 0 amide bonds. The number of nitrogens with zero attached hydrogens (tertiary/aromatic N) is 2. The summed E-state index contributed by atoms with van der Waals surface area (Å²) in [6, 6.07) is 0. The Morgan fingerprint density at radius 3 is 2.53 bits per heavy atom. The predicted octanol–water partition coefficient (Wildman–Crippen LogP) is 1.69. The van der Waals surface area contributed by atoms with E-state index < -0.39 is 5.97 Å². The smallest absolute Gasteiger partial charge is 0.356 e. The Morgan fingerprint density at radius 1 is 1.47 bits per heavy atom. The molecule has 1 aromatic heterocycles. The molecule has 5 nitrogen and oxygen atoms in total. The van der Waals surface area contributed by atoms with E-state index in [4.69, 9.17) is 5.11 Å². The molecule has 0 saturated carbocycles. The number of carboxylic acids is 1. The van der Waals surface area contributed by atoms with Crippen molar-refractivity contribution >= 4 is 23.5 Å². The first-order valence-corrected chi connectivity index (χ1v) is 5.56. The second-order valence-corrected chi connectivity index (χ2v) is 4.86. The molecule has 6 heteroatoms. The van der Waals surface area contributed by atoms with E-state index in [1.165, 1.54) is 12.4 Å². The van der Waals surface area contributed by atoms with Gasteiger partial charge in [-0.25, -0.2) is 14.8 Å². The zero-order valence-electron chi connectivity index (χ0n) is 8.81. The molecule has 0 aliphatic rings. The highest BCUT2D eigenvalue weighted by Crippen LogP contribution is 2.22. The molecule has 0 spiro atoms. The van der Waals surface area contributed by atoms with Gasteiger partial charge in [0.2, 0.25) is 0 Å². The third-order valence-electron chi connectivity index (χ3n) is 1.81. The van der Waals surface area contributed by atoms with Gasteiger partial charge >= 0.3 is 5.97 Å². The third-order valence-corrected chi connectivity index (χ3v) is 2.93. The molecule has 0 unspecified atom stereocenters. The Hall–Kier alpha value is -1.30. The quantitative estimate of drug-likeness (QED) is 0.762. The van der Waals surface area contributed by atoms with Crippen LogP contribution in [0, 0.1) is 0 Å². The van der Waals surface area contributed by atoms with Gasteiger partial charge in [-0.2, -0.15) is 0 Å². The number of thioether (sulfide) groups is 1. The summed E-state index contributed by atoms with van der Waals surface area (Å²) in [5.41, 5.74) is -0.0532. The van der Waals surface area contributed by atoms with Crippen LogP contribution in [-0.2, 0) is 0 Å². The molecule has 2 N–H and O–H groups in total. The maximum atomic E-state index is 10.5. The van der Waals surface area contributed by atoms with Gasteiger partial charge in [0.1, 0.15) is 5.82 Å². The summed E-state index contributed by atoms with van der Waals surface area (Å²) < 4.78 is 0. The van der Waals surface area contributed by atoms with Crippen molar-refractivity contribution in [2.24, 2.45) is 0 Å². The van der Waals surface area contributed by atoms with Gasteiger partial charge in [-0.3, -0.25) is 0 Å². The second kappa shape index (κ2) is 4.48. The van der Waals surface area contributed by atoms with Crippen molar-refractivity contribution < 1.29 is 9.90 Å². The highest BCUT2D eigenvalue weighted by Gasteiger charge is 2.16. The number of aromatic nitrogens is 2. The van der Waals surface area contributed by atoms with Crippen LogP contribution < -0.4 is 5.32 Å². The van der Waals surface area contributed by atoms with Crippen LogP contribution in [0.1, 0.15) is 24.3 Å². The fourth-order valence-electron chi connectivity index (χ4n) is 0.862.